The Morgan fingerprint density at radius 3 is 1.15 bits per heavy atom. The van der Waals surface area contributed by atoms with Gasteiger partial charge in [-0.3, -0.25) is 0 Å². The molecular weight excluding hydrogens is 1190 g/mol. The van der Waals surface area contributed by atoms with Crippen molar-refractivity contribution in [1.82, 2.24) is 4.57 Å². The molecule has 0 saturated carbocycles. The zero-order valence-corrected chi connectivity index (χ0v) is 55.3. The molecule has 0 N–H and O–H groups in total. The smallest absolute Gasteiger partial charge is 0.252 e. The van der Waals surface area contributed by atoms with Crippen LogP contribution in [0.25, 0.3) is 105 Å². The van der Waals surface area contributed by atoms with Crippen LogP contribution in [0.4, 0.5) is 34.1 Å². The summed E-state index contributed by atoms with van der Waals surface area (Å²) in [4.78, 5) is 5.43. The Kier molecular flexibility index (Phi) is 12.6. The first kappa shape index (κ1) is 57.1. The van der Waals surface area contributed by atoms with Gasteiger partial charge in [-0.1, -0.05) is 324 Å². The first-order chi connectivity index (χ1) is 48.8. The molecule has 0 fully saturated rings. The van der Waals surface area contributed by atoms with Crippen LogP contribution >= 0.6 is 0 Å². The van der Waals surface area contributed by atoms with Crippen molar-refractivity contribution in [3.8, 4) is 83.6 Å². The summed E-state index contributed by atoms with van der Waals surface area (Å²) in [5.74, 6) is 0. The molecule has 20 rings (SSSR count). The molecule has 0 atom stereocenters. The fourth-order valence-corrected chi connectivity index (χ4v) is 17.8. The van der Waals surface area contributed by atoms with Crippen molar-refractivity contribution < 1.29 is 0 Å². The maximum Gasteiger partial charge on any atom is 0.252 e. The molecule has 1 aromatic heterocycles. The third-order valence-electron chi connectivity index (χ3n) is 21.9. The second kappa shape index (κ2) is 21.9. The maximum atomic E-state index is 2.72. The molecular formula is C95H66BN3. The highest BCUT2D eigenvalue weighted by Gasteiger charge is 2.53. The standard InChI is InChI=1S/C95H66BN3/c1-94(2,3)66-53-56-86-83(59-66)96-82-55-54-67(97-84-51-24-19-40-76(84)77-41-20-25-52-85(77)97)60-87(82)99(93-71(63-33-12-6-13-34-63)45-28-46-72(93)64-35-14-7-15-36-64)89-58-65(57-88(91(89)96)98(86)92-69(61-29-8-4-9-30-61)43-27-44-70(92)62-31-10-5-11-32-62)68-42-26-47-78-75-39-18-23-50-81(75)95(90(68)78)79-48-21-16-37-73(79)74-38-17-22-49-80(74)95/h4-60H,1-3H3. The van der Waals surface area contributed by atoms with Gasteiger partial charge in [0, 0.05) is 61.5 Å². The zero-order chi connectivity index (χ0) is 65.7. The average molecular weight is 1260 g/mol. The lowest BCUT2D eigenvalue weighted by atomic mass is 9.33. The monoisotopic (exact) mass is 1260 g/mol. The summed E-state index contributed by atoms with van der Waals surface area (Å²) in [6, 6.07) is 131. The van der Waals surface area contributed by atoms with Gasteiger partial charge in [0.15, 0.2) is 0 Å². The van der Waals surface area contributed by atoms with Crippen LogP contribution in [0.5, 0.6) is 0 Å². The van der Waals surface area contributed by atoms with Gasteiger partial charge >= 0.3 is 0 Å². The fourth-order valence-electron chi connectivity index (χ4n) is 17.8. The van der Waals surface area contributed by atoms with Crippen LogP contribution in [0.1, 0.15) is 48.6 Å². The van der Waals surface area contributed by atoms with Crippen molar-refractivity contribution in [1.29, 1.82) is 0 Å². The molecule has 15 aromatic carbocycles. The van der Waals surface area contributed by atoms with Crippen LogP contribution in [0, 0.1) is 0 Å². The number of hydrogen-bond acceptors (Lipinski definition) is 2. The van der Waals surface area contributed by atoms with Gasteiger partial charge < -0.3 is 14.4 Å². The molecule has 2 aliphatic carbocycles. The normalized spacial score (nSPS) is 13.4. The Labute approximate surface area is 578 Å². The van der Waals surface area contributed by atoms with E-state index >= 15 is 0 Å². The molecule has 3 nitrogen and oxygen atoms in total. The average Bonchev–Trinajstić information content (AvgIpc) is 1.59. The molecule has 99 heavy (non-hydrogen) atoms. The van der Waals surface area contributed by atoms with Crippen LogP contribution in [-0.2, 0) is 10.8 Å². The number of rotatable bonds is 8. The maximum absolute atomic E-state index is 2.72. The predicted molar refractivity (Wildman–Crippen MR) is 417 cm³/mol. The largest absolute Gasteiger partial charge is 0.310 e. The number of aromatic nitrogens is 1. The minimum Gasteiger partial charge on any atom is -0.310 e. The second-order valence-electron chi connectivity index (χ2n) is 28.2. The van der Waals surface area contributed by atoms with Gasteiger partial charge in [0.1, 0.15) is 0 Å². The highest BCUT2D eigenvalue weighted by molar-refractivity contribution is 7.00. The molecule has 0 bridgehead atoms. The van der Waals surface area contributed by atoms with Crippen molar-refractivity contribution in [2.24, 2.45) is 0 Å². The van der Waals surface area contributed by atoms with E-state index in [1.165, 1.54) is 93.8 Å². The second-order valence-corrected chi connectivity index (χ2v) is 28.2. The summed E-state index contributed by atoms with van der Waals surface area (Å²) in [6.07, 6.45) is 0. The van der Waals surface area contributed by atoms with E-state index in [9.17, 15) is 0 Å². The van der Waals surface area contributed by atoms with E-state index in [0.717, 1.165) is 89.9 Å². The first-order valence-corrected chi connectivity index (χ1v) is 34.8. The minimum absolute atomic E-state index is 0.175. The Hall–Kier alpha value is -12.2. The molecule has 4 heteroatoms. The van der Waals surface area contributed by atoms with Crippen LogP contribution in [-0.4, -0.2) is 11.3 Å². The number of anilines is 6. The lowest BCUT2D eigenvalue weighted by Gasteiger charge is -2.46. The van der Waals surface area contributed by atoms with E-state index < -0.39 is 5.41 Å². The van der Waals surface area contributed by atoms with E-state index in [4.69, 9.17) is 0 Å². The van der Waals surface area contributed by atoms with E-state index in [2.05, 4.69) is 381 Å². The van der Waals surface area contributed by atoms with Crippen LogP contribution in [0.3, 0.4) is 0 Å². The quantitative estimate of drug-likeness (QED) is 0.141. The molecule has 0 radical (unpaired) electrons. The van der Waals surface area contributed by atoms with Crippen LogP contribution in [0.2, 0.25) is 0 Å². The van der Waals surface area contributed by atoms with E-state index in [-0.39, 0.29) is 12.1 Å². The molecule has 3 heterocycles. The van der Waals surface area contributed by atoms with E-state index in [0.29, 0.717) is 0 Å². The SMILES string of the molecule is CC(C)(C)c1ccc2c(c1)B1c3ccc(-n4c5ccccc5c5ccccc54)cc3N(c3c(-c4ccccc4)cccc3-c3ccccc3)c3cc(-c4cccc5c4C4(c6ccccc6-c6ccccc64)c4ccccc4-5)cc(c31)N2c1c(-c2ccccc2)cccc1-c1ccccc1. The highest BCUT2D eigenvalue weighted by Crippen LogP contribution is 2.65. The summed E-state index contributed by atoms with van der Waals surface area (Å²) in [6.45, 7) is 6.87. The summed E-state index contributed by atoms with van der Waals surface area (Å²) in [5.41, 5.74) is 36.3. The van der Waals surface area contributed by atoms with Crippen molar-refractivity contribution in [2.45, 2.75) is 31.6 Å². The van der Waals surface area contributed by atoms with Gasteiger partial charge in [0.2, 0.25) is 0 Å². The lowest BCUT2D eigenvalue weighted by Crippen LogP contribution is -2.61. The summed E-state index contributed by atoms with van der Waals surface area (Å²) in [5, 5.41) is 2.46. The van der Waals surface area contributed by atoms with Gasteiger partial charge in [-0.05, 0) is 148 Å². The molecule has 0 amide bonds. The molecule has 0 saturated heterocycles. The topological polar surface area (TPSA) is 11.4 Å². The molecule has 4 aliphatic rings. The summed E-state index contributed by atoms with van der Waals surface area (Å²) >= 11 is 0. The molecule has 16 aromatic rings. The molecule has 2 aliphatic heterocycles. The van der Waals surface area contributed by atoms with Crippen molar-refractivity contribution in [2.75, 3.05) is 9.80 Å². The van der Waals surface area contributed by atoms with Crippen LogP contribution < -0.4 is 26.2 Å². The zero-order valence-electron chi connectivity index (χ0n) is 55.3. The van der Waals surface area contributed by atoms with E-state index in [1.807, 2.05) is 0 Å². The van der Waals surface area contributed by atoms with Crippen molar-refractivity contribution in [3.05, 3.63) is 374 Å². The van der Waals surface area contributed by atoms with Gasteiger partial charge in [-0.2, -0.15) is 0 Å². The number of fused-ring (bicyclic) bond motifs is 17. The first-order valence-electron chi connectivity index (χ1n) is 34.8. The van der Waals surface area contributed by atoms with Crippen LogP contribution in [0.15, 0.2) is 346 Å². The Morgan fingerprint density at radius 2 is 0.677 bits per heavy atom. The fraction of sp³-hybridized carbons (Fsp3) is 0.0526. The number of hydrogen-bond donors (Lipinski definition) is 0. The van der Waals surface area contributed by atoms with Gasteiger partial charge in [-0.15, -0.1) is 0 Å². The Balaban J connectivity index is 0.989. The van der Waals surface area contributed by atoms with Gasteiger partial charge in [0.25, 0.3) is 6.71 Å². The third kappa shape index (κ3) is 8.33. The van der Waals surface area contributed by atoms with Crippen molar-refractivity contribution in [3.63, 3.8) is 0 Å². The Morgan fingerprint density at radius 1 is 0.283 bits per heavy atom. The predicted octanol–water partition coefficient (Wildman–Crippen LogP) is 22.8. The van der Waals surface area contributed by atoms with E-state index in [1.54, 1.807) is 0 Å². The molecule has 0 unspecified atom stereocenters. The van der Waals surface area contributed by atoms with Gasteiger partial charge in [-0.25, -0.2) is 0 Å². The minimum atomic E-state index is -0.634. The number of benzene rings is 15. The number of nitrogens with zero attached hydrogens (tertiary/aromatic N) is 3. The number of para-hydroxylation sites is 4. The molecule has 464 valence electrons. The molecule has 1 spiro atoms. The highest BCUT2D eigenvalue weighted by atomic mass is 15.2. The van der Waals surface area contributed by atoms with Gasteiger partial charge in [0.05, 0.1) is 27.8 Å². The summed E-state index contributed by atoms with van der Waals surface area (Å²) < 4.78 is 2.50. The Bertz CT molecular complexity index is 5750. The lowest BCUT2D eigenvalue weighted by molar-refractivity contribution is 0.591. The van der Waals surface area contributed by atoms with Crippen molar-refractivity contribution >= 4 is 79.0 Å². The third-order valence-corrected chi connectivity index (χ3v) is 21.9. The summed E-state index contributed by atoms with van der Waals surface area (Å²) in [7, 11) is 0.